The van der Waals surface area contributed by atoms with E-state index in [1.807, 2.05) is 24.3 Å². The summed E-state index contributed by atoms with van der Waals surface area (Å²) in [7, 11) is 0. The van der Waals surface area contributed by atoms with Crippen LogP contribution in [0, 0.1) is 3.57 Å². The van der Waals surface area contributed by atoms with Crippen molar-refractivity contribution in [3.63, 3.8) is 0 Å². The van der Waals surface area contributed by atoms with Crippen LogP contribution in [0.15, 0.2) is 40.3 Å². The third kappa shape index (κ3) is 2.76. The fraction of sp³-hybridized carbons (Fsp3) is 0. The van der Waals surface area contributed by atoms with Crippen LogP contribution in [0.1, 0.15) is 0 Å². The lowest BCUT2D eigenvalue weighted by Gasteiger charge is -2.04. The molecule has 16 heavy (non-hydrogen) atoms. The highest BCUT2D eigenvalue weighted by Gasteiger charge is 2.04. The highest BCUT2D eigenvalue weighted by Crippen LogP contribution is 2.30. The molecule has 2 aromatic rings. The molecule has 1 heterocycles. The monoisotopic (exact) mass is 344 g/mol. The fourth-order valence-corrected chi connectivity index (χ4v) is 2.25. The largest absolute Gasteiger partial charge is 0.383 e. The van der Waals surface area contributed by atoms with Crippen LogP contribution in [0.5, 0.6) is 0 Å². The van der Waals surface area contributed by atoms with Crippen molar-refractivity contribution in [2.24, 2.45) is 0 Å². The molecule has 1 aromatic heterocycles. The molecular formula is C10H9IN4S. The Bertz CT molecular complexity index is 501. The Hall–Kier alpha value is -1.02. The van der Waals surface area contributed by atoms with E-state index in [1.165, 1.54) is 15.3 Å². The van der Waals surface area contributed by atoms with Crippen molar-refractivity contribution in [2.45, 2.75) is 9.79 Å². The summed E-state index contributed by atoms with van der Waals surface area (Å²) in [5.41, 5.74) is 11.2. The molecule has 0 atom stereocenters. The Kier molecular flexibility index (Phi) is 3.49. The number of aromatic nitrogens is 2. The van der Waals surface area contributed by atoms with E-state index in [2.05, 4.69) is 32.6 Å². The zero-order valence-electron chi connectivity index (χ0n) is 8.22. The van der Waals surface area contributed by atoms with Gasteiger partial charge in [0.2, 0.25) is 5.95 Å². The van der Waals surface area contributed by atoms with E-state index in [9.17, 15) is 0 Å². The summed E-state index contributed by atoms with van der Waals surface area (Å²) >= 11 is 3.79. The minimum atomic E-state index is 0.199. The van der Waals surface area contributed by atoms with Crippen molar-refractivity contribution in [3.05, 3.63) is 34.0 Å². The predicted octanol–water partition coefficient (Wildman–Crippen LogP) is 2.40. The molecule has 1 aromatic carbocycles. The van der Waals surface area contributed by atoms with Crippen LogP contribution in [0.2, 0.25) is 0 Å². The average Bonchev–Trinajstić information content (AvgIpc) is 2.25. The van der Waals surface area contributed by atoms with Crippen molar-refractivity contribution < 1.29 is 0 Å². The smallest absolute Gasteiger partial charge is 0.221 e. The van der Waals surface area contributed by atoms with Gasteiger partial charge in [0.25, 0.3) is 0 Å². The predicted molar refractivity (Wildman–Crippen MR) is 74.1 cm³/mol. The summed E-state index contributed by atoms with van der Waals surface area (Å²) in [6, 6.07) is 8.14. The first-order chi connectivity index (χ1) is 7.65. The molecule has 82 valence electrons. The number of nitrogen functional groups attached to an aromatic ring is 2. The molecule has 2 rings (SSSR count). The second kappa shape index (κ2) is 4.88. The number of nitrogens with two attached hydrogens (primary N) is 2. The van der Waals surface area contributed by atoms with Crippen LogP contribution in [0.25, 0.3) is 0 Å². The number of benzene rings is 1. The number of anilines is 2. The summed E-state index contributed by atoms with van der Waals surface area (Å²) in [6.45, 7) is 0. The van der Waals surface area contributed by atoms with Gasteiger partial charge in [0.1, 0.15) is 5.82 Å². The molecule has 4 nitrogen and oxygen atoms in total. The van der Waals surface area contributed by atoms with Crippen LogP contribution in [-0.2, 0) is 0 Å². The topological polar surface area (TPSA) is 77.8 Å². The first kappa shape index (κ1) is 11.5. The van der Waals surface area contributed by atoms with Gasteiger partial charge in [0.15, 0.2) is 0 Å². The summed E-state index contributed by atoms with van der Waals surface area (Å²) in [5.74, 6) is 0.612. The number of nitrogens with zero attached hydrogens (tertiary/aromatic N) is 2. The third-order valence-electron chi connectivity index (χ3n) is 1.84. The van der Waals surface area contributed by atoms with Crippen LogP contribution < -0.4 is 11.5 Å². The lowest BCUT2D eigenvalue weighted by molar-refractivity contribution is 1.13. The van der Waals surface area contributed by atoms with Crippen LogP contribution in [0.3, 0.4) is 0 Å². The summed E-state index contributed by atoms with van der Waals surface area (Å²) < 4.78 is 1.20. The first-order valence-electron chi connectivity index (χ1n) is 4.46. The molecule has 0 aliphatic rings. The zero-order valence-corrected chi connectivity index (χ0v) is 11.2. The minimum absolute atomic E-state index is 0.199. The van der Waals surface area contributed by atoms with E-state index in [4.69, 9.17) is 11.5 Å². The molecule has 0 saturated heterocycles. The van der Waals surface area contributed by atoms with Gasteiger partial charge >= 0.3 is 0 Å². The maximum Gasteiger partial charge on any atom is 0.221 e. The molecule has 0 radical (unpaired) electrons. The number of halogens is 1. The summed E-state index contributed by atoms with van der Waals surface area (Å²) in [6.07, 6.45) is 1.64. The maximum atomic E-state index is 5.75. The van der Waals surface area contributed by atoms with Crippen LogP contribution in [-0.4, -0.2) is 9.97 Å². The zero-order chi connectivity index (χ0) is 11.5. The normalized spacial score (nSPS) is 10.3. The van der Waals surface area contributed by atoms with E-state index in [-0.39, 0.29) is 5.95 Å². The molecule has 0 aliphatic heterocycles. The molecule has 0 fully saturated rings. The summed E-state index contributed by atoms with van der Waals surface area (Å²) in [4.78, 5) is 9.74. The second-order valence-corrected chi connectivity index (χ2v) is 5.39. The maximum absolute atomic E-state index is 5.75. The highest BCUT2D eigenvalue weighted by molar-refractivity contribution is 14.1. The van der Waals surface area contributed by atoms with Crippen LogP contribution in [0.4, 0.5) is 11.8 Å². The number of hydrogen-bond donors (Lipinski definition) is 2. The molecule has 0 unspecified atom stereocenters. The Morgan fingerprint density at radius 1 is 1.12 bits per heavy atom. The molecule has 0 saturated carbocycles. The van der Waals surface area contributed by atoms with Gasteiger partial charge in [-0.3, -0.25) is 0 Å². The van der Waals surface area contributed by atoms with Gasteiger partial charge in [-0.25, -0.2) is 4.98 Å². The molecular weight excluding hydrogens is 335 g/mol. The Balaban J connectivity index is 2.23. The summed E-state index contributed by atoms with van der Waals surface area (Å²) in [5, 5.41) is 0. The van der Waals surface area contributed by atoms with Gasteiger partial charge in [-0.05, 0) is 46.9 Å². The van der Waals surface area contributed by atoms with E-state index in [0.717, 1.165) is 9.79 Å². The quantitative estimate of drug-likeness (QED) is 0.818. The third-order valence-corrected chi connectivity index (χ3v) is 3.60. The molecule has 4 N–H and O–H groups in total. The van der Waals surface area contributed by atoms with Crippen molar-refractivity contribution in [3.8, 4) is 0 Å². The minimum Gasteiger partial charge on any atom is -0.383 e. The van der Waals surface area contributed by atoms with Gasteiger partial charge in [-0.15, -0.1) is 0 Å². The van der Waals surface area contributed by atoms with Crippen molar-refractivity contribution in [2.75, 3.05) is 11.5 Å². The molecule has 0 bridgehead atoms. The molecule has 0 aliphatic carbocycles. The first-order valence-corrected chi connectivity index (χ1v) is 6.36. The standard InChI is InChI=1S/C10H9IN4S/c11-6-1-3-7(4-2-6)16-8-5-14-10(13)15-9(8)12/h1-5H,(H4,12,13,14,15). The van der Waals surface area contributed by atoms with Crippen LogP contribution >= 0.6 is 34.4 Å². The van der Waals surface area contributed by atoms with Gasteiger partial charge < -0.3 is 11.5 Å². The van der Waals surface area contributed by atoms with Gasteiger partial charge in [-0.2, -0.15) is 4.98 Å². The second-order valence-electron chi connectivity index (χ2n) is 3.03. The SMILES string of the molecule is Nc1ncc(Sc2ccc(I)cc2)c(N)n1. The lowest BCUT2D eigenvalue weighted by atomic mass is 10.4. The number of rotatable bonds is 2. The van der Waals surface area contributed by atoms with Crippen molar-refractivity contribution >= 4 is 46.1 Å². The lowest BCUT2D eigenvalue weighted by Crippen LogP contribution is -2.00. The molecule has 0 spiro atoms. The Labute approximate surface area is 111 Å². The highest BCUT2D eigenvalue weighted by atomic mass is 127. The van der Waals surface area contributed by atoms with Crippen molar-refractivity contribution in [1.29, 1.82) is 0 Å². The molecule has 0 amide bonds. The fourth-order valence-electron chi connectivity index (χ4n) is 1.11. The average molecular weight is 344 g/mol. The van der Waals surface area contributed by atoms with Crippen molar-refractivity contribution in [1.82, 2.24) is 9.97 Å². The van der Waals surface area contributed by atoms with E-state index in [0.29, 0.717) is 5.82 Å². The van der Waals surface area contributed by atoms with Gasteiger partial charge in [0, 0.05) is 14.7 Å². The van der Waals surface area contributed by atoms with E-state index >= 15 is 0 Å². The molecule has 6 heteroatoms. The van der Waals surface area contributed by atoms with E-state index < -0.39 is 0 Å². The Morgan fingerprint density at radius 3 is 2.44 bits per heavy atom. The number of hydrogen-bond acceptors (Lipinski definition) is 5. The Morgan fingerprint density at radius 2 is 1.81 bits per heavy atom. The van der Waals surface area contributed by atoms with Gasteiger partial charge in [0.05, 0.1) is 4.90 Å². The van der Waals surface area contributed by atoms with Gasteiger partial charge in [-0.1, -0.05) is 11.8 Å². The van der Waals surface area contributed by atoms with E-state index in [1.54, 1.807) is 6.20 Å².